The Hall–Kier alpha value is -0.860. The molecule has 3 heteroatoms. The fraction of sp³-hybridized carbons (Fsp3) is 0.400. The first-order valence-corrected chi connectivity index (χ1v) is 2.22. The van der Waals surface area contributed by atoms with E-state index in [9.17, 15) is 4.39 Å². The quantitative estimate of drug-likeness (QED) is 0.234. The molecule has 0 aliphatic rings. The first kappa shape index (κ1) is 7.14. The van der Waals surface area contributed by atoms with Gasteiger partial charge in [0.05, 0.1) is 6.21 Å². The number of halogens is 1. The molecule has 0 aliphatic heterocycles. The summed E-state index contributed by atoms with van der Waals surface area (Å²) in [5.74, 6) is 0. The second-order valence-corrected chi connectivity index (χ2v) is 1.03. The smallest absolute Gasteiger partial charge is 0.135 e. The van der Waals surface area contributed by atoms with E-state index in [2.05, 4.69) is 16.6 Å². The molecule has 0 unspecified atom stereocenters. The monoisotopic (exact) mass is 117 g/mol. The highest BCUT2D eigenvalue weighted by molar-refractivity contribution is 5.57. The molecule has 0 heterocycles. The summed E-state index contributed by atoms with van der Waals surface area (Å²) in [7, 11) is 0. The minimum Gasteiger partial charge on any atom is -0.392 e. The van der Waals surface area contributed by atoms with Crippen LogP contribution in [0.4, 0.5) is 4.39 Å². The lowest BCUT2D eigenvalue weighted by molar-refractivity contribution is 0.175. The summed E-state index contributed by atoms with van der Waals surface area (Å²) in [6.07, 6.45) is 2.58. The first-order chi connectivity index (χ1) is 3.91. The van der Waals surface area contributed by atoms with Crippen molar-refractivity contribution < 1.29 is 9.23 Å². The molecule has 2 nitrogen and oxygen atoms in total. The summed E-state index contributed by atoms with van der Waals surface area (Å²) in [6.45, 7) is 3.11. The SMILES string of the molecule is C=CCON=CCF. The van der Waals surface area contributed by atoms with Gasteiger partial charge in [0.1, 0.15) is 13.3 Å². The molecule has 0 saturated heterocycles. The Morgan fingerprint density at radius 1 is 1.75 bits per heavy atom. The highest BCUT2D eigenvalue weighted by Crippen LogP contribution is 1.73. The van der Waals surface area contributed by atoms with Crippen LogP contribution in [0.15, 0.2) is 17.8 Å². The van der Waals surface area contributed by atoms with Gasteiger partial charge in [-0.1, -0.05) is 17.8 Å². The van der Waals surface area contributed by atoms with Crippen LogP contribution in [0.3, 0.4) is 0 Å². The molecule has 0 aromatic carbocycles. The zero-order valence-corrected chi connectivity index (χ0v) is 4.51. The molecule has 0 saturated carbocycles. The van der Waals surface area contributed by atoms with Gasteiger partial charge in [-0.15, -0.1) is 0 Å². The second kappa shape index (κ2) is 6.14. The van der Waals surface area contributed by atoms with E-state index in [0.29, 0.717) is 6.61 Å². The van der Waals surface area contributed by atoms with Gasteiger partial charge < -0.3 is 4.84 Å². The summed E-state index contributed by atoms with van der Waals surface area (Å²) in [5.41, 5.74) is 0. The van der Waals surface area contributed by atoms with Gasteiger partial charge in [-0.2, -0.15) is 0 Å². The van der Waals surface area contributed by atoms with Crippen LogP contribution in [0.2, 0.25) is 0 Å². The van der Waals surface area contributed by atoms with Crippen molar-refractivity contribution in [3.63, 3.8) is 0 Å². The van der Waals surface area contributed by atoms with E-state index < -0.39 is 6.67 Å². The lowest BCUT2D eigenvalue weighted by atomic mass is 10.7. The molecule has 8 heavy (non-hydrogen) atoms. The van der Waals surface area contributed by atoms with E-state index in [1.54, 1.807) is 0 Å². The Morgan fingerprint density at radius 2 is 2.50 bits per heavy atom. The van der Waals surface area contributed by atoms with Crippen molar-refractivity contribution in [2.75, 3.05) is 13.3 Å². The average Bonchev–Trinajstić information content (AvgIpc) is 1.81. The van der Waals surface area contributed by atoms with Crippen LogP contribution in [-0.2, 0) is 4.84 Å². The lowest BCUT2D eigenvalue weighted by Crippen LogP contribution is -1.82. The fourth-order valence-corrected chi connectivity index (χ4v) is 0.177. The molecular formula is C5H8FNO. The Labute approximate surface area is 47.6 Å². The first-order valence-electron chi connectivity index (χ1n) is 2.22. The van der Waals surface area contributed by atoms with Gasteiger partial charge in [0.15, 0.2) is 0 Å². The third-order valence-electron chi connectivity index (χ3n) is 0.410. The summed E-state index contributed by atoms with van der Waals surface area (Å²) < 4.78 is 11.2. The van der Waals surface area contributed by atoms with Crippen LogP contribution in [0.1, 0.15) is 0 Å². The Kier molecular flexibility index (Phi) is 5.48. The summed E-state index contributed by atoms with van der Waals surface area (Å²) in [5, 5.41) is 3.21. The number of rotatable bonds is 4. The number of alkyl halides is 1. The molecular weight excluding hydrogens is 109 g/mol. The molecule has 0 radical (unpaired) electrons. The maximum Gasteiger partial charge on any atom is 0.135 e. The van der Waals surface area contributed by atoms with E-state index in [4.69, 9.17) is 0 Å². The molecule has 0 aromatic heterocycles. The normalized spacial score (nSPS) is 9.62. The molecule has 0 amide bonds. The topological polar surface area (TPSA) is 21.6 Å². The van der Waals surface area contributed by atoms with E-state index in [0.717, 1.165) is 6.21 Å². The van der Waals surface area contributed by atoms with Crippen molar-refractivity contribution in [3.8, 4) is 0 Å². The third kappa shape index (κ3) is 5.14. The van der Waals surface area contributed by atoms with Gasteiger partial charge in [0.2, 0.25) is 0 Å². The highest BCUT2D eigenvalue weighted by Gasteiger charge is 1.70. The number of hydrogen-bond acceptors (Lipinski definition) is 2. The van der Waals surface area contributed by atoms with Crippen molar-refractivity contribution in [2.24, 2.45) is 5.16 Å². The van der Waals surface area contributed by atoms with E-state index >= 15 is 0 Å². The minimum absolute atomic E-state index is 0.330. The summed E-state index contributed by atoms with van der Waals surface area (Å²) in [6, 6.07) is 0. The molecule has 0 spiro atoms. The van der Waals surface area contributed by atoms with Crippen LogP contribution >= 0.6 is 0 Å². The van der Waals surface area contributed by atoms with Gasteiger partial charge in [-0.05, 0) is 0 Å². The standard InChI is InChI=1S/C5H8FNO/c1-2-5-8-7-4-3-6/h2,4H,1,3,5H2. The number of oxime groups is 1. The zero-order valence-electron chi connectivity index (χ0n) is 4.51. The predicted octanol–water partition coefficient (Wildman–Crippen LogP) is 1.14. The van der Waals surface area contributed by atoms with Crippen molar-refractivity contribution in [1.29, 1.82) is 0 Å². The number of hydrogen-bond donors (Lipinski definition) is 0. The van der Waals surface area contributed by atoms with E-state index in [1.165, 1.54) is 6.08 Å². The van der Waals surface area contributed by atoms with E-state index in [-0.39, 0.29) is 0 Å². The van der Waals surface area contributed by atoms with Crippen LogP contribution in [0, 0.1) is 0 Å². The summed E-state index contributed by atoms with van der Waals surface area (Å²) >= 11 is 0. The van der Waals surface area contributed by atoms with Gasteiger partial charge in [-0.3, -0.25) is 0 Å². The Balaban J connectivity index is 2.90. The van der Waals surface area contributed by atoms with Crippen LogP contribution in [0.25, 0.3) is 0 Å². The molecule has 0 aliphatic carbocycles. The van der Waals surface area contributed by atoms with Gasteiger partial charge in [0, 0.05) is 0 Å². The lowest BCUT2D eigenvalue weighted by Gasteiger charge is -1.87. The third-order valence-corrected chi connectivity index (χ3v) is 0.410. The van der Waals surface area contributed by atoms with Crippen LogP contribution in [0.5, 0.6) is 0 Å². The average molecular weight is 117 g/mol. The largest absolute Gasteiger partial charge is 0.392 e. The maximum atomic E-state index is 11.2. The van der Waals surface area contributed by atoms with Crippen molar-refractivity contribution in [3.05, 3.63) is 12.7 Å². The molecule has 0 N–H and O–H groups in total. The summed E-state index contributed by atoms with van der Waals surface area (Å²) in [4.78, 5) is 4.43. The Morgan fingerprint density at radius 3 is 3.00 bits per heavy atom. The minimum atomic E-state index is -0.586. The predicted molar refractivity (Wildman–Crippen MR) is 30.6 cm³/mol. The zero-order chi connectivity index (χ0) is 6.24. The van der Waals surface area contributed by atoms with Crippen molar-refractivity contribution >= 4 is 6.21 Å². The van der Waals surface area contributed by atoms with Gasteiger partial charge >= 0.3 is 0 Å². The molecule has 0 aromatic rings. The van der Waals surface area contributed by atoms with E-state index in [1.807, 2.05) is 0 Å². The number of nitrogens with zero attached hydrogens (tertiary/aromatic N) is 1. The molecule has 0 fully saturated rings. The van der Waals surface area contributed by atoms with Gasteiger partial charge in [0.25, 0.3) is 0 Å². The molecule has 0 atom stereocenters. The van der Waals surface area contributed by atoms with Crippen molar-refractivity contribution in [1.82, 2.24) is 0 Å². The molecule has 0 bridgehead atoms. The van der Waals surface area contributed by atoms with Crippen molar-refractivity contribution in [2.45, 2.75) is 0 Å². The molecule has 0 rings (SSSR count). The van der Waals surface area contributed by atoms with Gasteiger partial charge in [-0.25, -0.2) is 4.39 Å². The molecule has 46 valence electrons. The maximum absolute atomic E-state index is 11.2. The fourth-order valence-electron chi connectivity index (χ4n) is 0.177. The van der Waals surface area contributed by atoms with Crippen LogP contribution < -0.4 is 0 Å². The Bertz CT molecular complexity index is 82.5. The van der Waals surface area contributed by atoms with Crippen LogP contribution in [-0.4, -0.2) is 19.5 Å². The second-order valence-electron chi connectivity index (χ2n) is 1.03. The highest BCUT2D eigenvalue weighted by atomic mass is 19.1.